The molecule has 0 amide bonds. The Morgan fingerprint density at radius 1 is 1.39 bits per heavy atom. The van der Waals surface area contributed by atoms with Crippen LogP contribution < -0.4 is 4.74 Å². The molecule has 0 aliphatic carbocycles. The largest absolute Gasteiger partial charge is 0.497 e. The third-order valence-corrected chi connectivity index (χ3v) is 3.04. The molecule has 0 aliphatic rings. The second-order valence-corrected chi connectivity index (χ2v) is 4.67. The zero-order valence-electron chi connectivity index (χ0n) is 11.2. The monoisotopic (exact) mass is 248 g/mol. The first-order valence-corrected chi connectivity index (χ1v) is 6.33. The van der Waals surface area contributed by atoms with Crippen LogP contribution in [-0.2, 0) is 6.42 Å². The fourth-order valence-corrected chi connectivity index (χ4v) is 2.25. The lowest BCUT2D eigenvalue weighted by Gasteiger charge is -2.12. The first-order valence-electron chi connectivity index (χ1n) is 6.33. The van der Waals surface area contributed by atoms with E-state index in [1.807, 2.05) is 18.2 Å². The normalized spacial score (nSPS) is 11.4. The lowest BCUT2D eigenvalue weighted by molar-refractivity contribution is 0.286. The number of nitrogens with zero attached hydrogens (tertiary/aromatic N) is 2. The molecule has 1 N–H and O–H groups in total. The number of hydrogen-bond donors (Lipinski definition) is 1. The van der Waals surface area contributed by atoms with Gasteiger partial charge in [0.1, 0.15) is 11.6 Å². The standard InChI is InChI=1S/C14H20N2O2/c1-10(2)16-13-7-6-11(18-3)9-12(13)15-14(16)5-4-8-17/h6-7,9-10,17H,4-5,8H2,1-3H3. The van der Waals surface area contributed by atoms with Gasteiger partial charge in [-0.05, 0) is 32.4 Å². The summed E-state index contributed by atoms with van der Waals surface area (Å²) in [6, 6.07) is 6.32. The number of hydrogen-bond acceptors (Lipinski definition) is 3. The smallest absolute Gasteiger partial charge is 0.121 e. The Morgan fingerprint density at radius 2 is 2.17 bits per heavy atom. The summed E-state index contributed by atoms with van der Waals surface area (Å²) in [5.74, 6) is 1.85. The van der Waals surface area contributed by atoms with Crippen LogP contribution in [0.4, 0.5) is 0 Å². The number of aliphatic hydroxyl groups is 1. The summed E-state index contributed by atoms with van der Waals surface area (Å²) in [4.78, 5) is 4.65. The maximum atomic E-state index is 8.96. The average Bonchev–Trinajstić information content (AvgIpc) is 2.73. The molecule has 0 aliphatic heterocycles. The van der Waals surface area contributed by atoms with Crippen molar-refractivity contribution in [1.82, 2.24) is 9.55 Å². The van der Waals surface area contributed by atoms with E-state index >= 15 is 0 Å². The van der Waals surface area contributed by atoms with Gasteiger partial charge in [-0.1, -0.05) is 0 Å². The number of methoxy groups -OCH3 is 1. The van der Waals surface area contributed by atoms with Crippen molar-refractivity contribution in [2.45, 2.75) is 32.7 Å². The summed E-state index contributed by atoms with van der Waals surface area (Å²) in [5.41, 5.74) is 2.08. The zero-order chi connectivity index (χ0) is 13.1. The minimum absolute atomic E-state index is 0.199. The van der Waals surface area contributed by atoms with Crippen molar-refractivity contribution in [3.05, 3.63) is 24.0 Å². The molecule has 1 heterocycles. The molecule has 0 bridgehead atoms. The molecule has 0 radical (unpaired) electrons. The molecule has 0 unspecified atom stereocenters. The maximum absolute atomic E-state index is 8.96. The first-order chi connectivity index (χ1) is 8.67. The van der Waals surface area contributed by atoms with Crippen molar-refractivity contribution in [2.75, 3.05) is 13.7 Å². The third-order valence-electron chi connectivity index (χ3n) is 3.04. The molecule has 0 fully saturated rings. The Hall–Kier alpha value is -1.55. The van der Waals surface area contributed by atoms with Crippen LogP contribution in [0.3, 0.4) is 0 Å². The fraction of sp³-hybridized carbons (Fsp3) is 0.500. The number of aromatic nitrogens is 2. The van der Waals surface area contributed by atoms with Crippen molar-refractivity contribution in [1.29, 1.82) is 0 Å². The minimum atomic E-state index is 0.199. The zero-order valence-corrected chi connectivity index (χ0v) is 11.2. The highest BCUT2D eigenvalue weighted by molar-refractivity contribution is 5.78. The summed E-state index contributed by atoms with van der Waals surface area (Å²) >= 11 is 0. The number of fused-ring (bicyclic) bond motifs is 1. The molecule has 0 saturated heterocycles. The third kappa shape index (κ3) is 2.34. The molecule has 18 heavy (non-hydrogen) atoms. The highest BCUT2D eigenvalue weighted by Crippen LogP contribution is 2.25. The maximum Gasteiger partial charge on any atom is 0.121 e. The molecule has 2 rings (SSSR count). The van der Waals surface area contributed by atoms with Gasteiger partial charge in [-0.2, -0.15) is 0 Å². The van der Waals surface area contributed by atoms with E-state index in [9.17, 15) is 0 Å². The van der Waals surface area contributed by atoms with Gasteiger partial charge in [0.05, 0.1) is 18.1 Å². The van der Waals surface area contributed by atoms with E-state index < -0.39 is 0 Å². The van der Waals surface area contributed by atoms with Gasteiger partial charge in [0, 0.05) is 25.1 Å². The molecule has 0 atom stereocenters. The van der Waals surface area contributed by atoms with Crippen molar-refractivity contribution in [3.63, 3.8) is 0 Å². The highest BCUT2D eigenvalue weighted by Gasteiger charge is 2.13. The SMILES string of the molecule is COc1ccc2c(c1)nc(CCCO)n2C(C)C. The van der Waals surface area contributed by atoms with Gasteiger partial charge in [0.25, 0.3) is 0 Å². The Labute approximate surface area is 107 Å². The molecule has 0 saturated carbocycles. The van der Waals surface area contributed by atoms with Gasteiger partial charge < -0.3 is 14.4 Å². The van der Waals surface area contributed by atoms with E-state index in [-0.39, 0.29) is 6.61 Å². The molecule has 98 valence electrons. The van der Waals surface area contributed by atoms with Crippen LogP contribution in [0.5, 0.6) is 5.75 Å². The van der Waals surface area contributed by atoms with Crippen LogP contribution in [-0.4, -0.2) is 28.4 Å². The van der Waals surface area contributed by atoms with Gasteiger partial charge in [-0.25, -0.2) is 4.98 Å². The van der Waals surface area contributed by atoms with Gasteiger partial charge in [-0.3, -0.25) is 0 Å². The minimum Gasteiger partial charge on any atom is -0.497 e. The van der Waals surface area contributed by atoms with Gasteiger partial charge >= 0.3 is 0 Å². The molecule has 4 heteroatoms. The highest BCUT2D eigenvalue weighted by atomic mass is 16.5. The summed E-state index contributed by atoms with van der Waals surface area (Å²) in [5, 5.41) is 8.96. The van der Waals surface area contributed by atoms with E-state index in [0.29, 0.717) is 6.04 Å². The summed E-state index contributed by atoms with van der Waals surface area (Å²) in [6.07, 6.45) is 1.54. The van der Waals surface area contributed by atoms with Crippen molar-refractivity contribution in [3.8, 4) is 5.75 Å². The lowest BCUT2D eigenvalue weighted by Crippen LogP contribution is -2.07. The fourth-order valence-electron chi connectivity index (χ4n) is 2.25. The van der Waals surface area contributed by atoms with Gasteiger partial charge in [-0.15, -0.1) is 0 Å². The summed E-state index contributed by atoms with van der Waals surface area (Å²) < 4.78 is 7.45. The van der Waals surface area contributed by atoms with Crippen molar-refractivity contribution >= 4 is 11.0 Å². The first kappa shape index (κ1) is 12.9. The van der Waals surface area contributed by atoms with E-state index in [1.54, 1.807) is 7.11 Å². The molecule has 1 aromatic carbocycles. The second-order valence-electron chi connectivity index (χ2n) is 4.67. The number of imidazole rings is 1. The van der Waals surface area contributed by atoms with Crippen molar-refractivity contribution in [2.24, 2.45) is 0 Å². The molecular formula is C14H20N2O2. The molecule has 0 spiro atoms. The Balaban J connectivity index is 2.51. The molecular weight excluding hydrogens is 228 g/mol. The van der Waals surface area contributed by atoms with Crippen LogP contribution >= 0.6 is 0 Å². The predicted octanol–water partition coefficient (Wildman–Crippen LogP) is 2.55. The number of rotatable bonds is 5. The summed E-state index contributed by atoms with van der Waals surface area (Å²) in [6.45, 7) is 4.49. The number of benzene rings is 1. The summed E-state index contributed by atoms with van der Waals surface area (Å²) in [7, 11) is 1.66. The van der Waals surface area contributed by atoms with Crippen molar-refractivity contribution < 1.29 is 9.84 Å². The van der Waals surface area contributed by atoms with Crippen LogP contribution in [0.15, 0.2) is 18.2 Å². The Morgan fingerprint density at radius 3 is 2.78 bits per heavy atom. The number of aryl methyl sites for hydroxylation is 1. The topological polar surface area (TPSA) is 47.3 Å². The van der Waals surface area contributed by atoms with Crippen LogP contribution in [0.2, 0.25) is 0 Å². The average molecular weight is 248 g/mol. The van der Waals surface area contributed by atoms with Crippen LogP contribution in [0.1, 0.15) is 32.1 Å². The Kier molecular flexibility index (Phi) is 3.87. The molecule has 1 aromatic heterocycles. The van der Waals surface area contributed by atoms with Crippen LogP contribution in [0, 0.1) is 0 Å². The molecule has 4 nitrogen and oxygen atoms in total. The van der Waals surface area contributed by atoms with E-state index in [2.05, 4.69) is 23.4 Å². The van der Waals surface area contributed by atoms with E-state index in [4.69, 9.17) is 9.84 Å². The Bertz CT molecular complexity index is 532. The van der Waals surface area contributed by atoms with E-state index in [0.717, 1.165) is 35.4 Å². The van der Waals surface area contributed by atoms with Gasteiger partial charge in [0.15, 0.2) is 0 Å². The quantitative estimate of drug-likeness (QED) is 0.884. The number of ether oxygens (including phenoxy) is 1. The predicted molar refractivity (Wildman–Crippen MR) is 72.1 cm³/mol. The van der Waals surface area contributed by atoms with Crippen LogP contribution in [0.25, 0.3) is 11.0 Å². The lowest BCUT2D eigenvalue weighted by atomic mass is 10.2. The van der Waals surface area contributed by atoms with Gasteiger partial charge in [0.2, 0.25) is 0 Å². The number of aliphatic hydroxyl groups excluding tert-OH is 1. The second kappa shape index (κ2) is 5.40. The molecule has 2 aromatic rings. The van der Waals surface area contributed by atoms with E-state index in [1.165, 1.54) is 0 Å².